The SMILES string of the molecule is N#Cc1cccc(/C=C2\SC(=S)N(C(Cc3ccccc3)C(=O)O)C2=O)c1. The Morgan fingerprint density at radius 2 is 2.00 bits per heavy atom. The molecule has 0 aromatic heterocycles. The van der Waals surface area contributed by atoms with E-state index in [2.05, 4.69) is 0 Å². The Labute approximate surface area is 165 Å². The molecule has 3 rings (SSSR count). The lowest BCUT2D eigenvalue weighted by Gasteiger charge is -2.23. The van der Waals surface area contributed by atoms with Crippen LogP contribution in [0.25, 0.3) is 6.08 Å². The average Bonchev–Trinajstić information content (AvgIpc) is 2.94. The summed E-state index contributed by atoms with van der Waals surface area (Å²) in [6.45, 7) is 0. The fourth-order valence-electron chi connectivity index (χ4n) is 2.72. The fraction of sp³-hybridized carbons (Fsp3) is 0.100. The minimum Gasteiger partial charge on any atom is -0.480 e. The number of hydrogen-bond donors (Lipinski definition) is 1. The van der Waals surface area contributed by atoms with Gasteiger partial charge in [0.2, 0.25) is 0 Å². The highest BCUT2D eigenvalue weighted by atomic mass is 32.2. The second-order valence-electron chi connectivity index (χ2n) is 5.83. The molecule has 1 amide bonds. The van der Waals surface area contributed by atoms with E-state index >= 15 is 0 Å². The summed E-state index contributed by atoms with van der Waals surface area (Å²) in [4.78, 5) is 26.1. The quantitative estimate of drug-likeness (QED) is 0.618. The van der Waals surface area contributed by atoms with Crippen molar-refractivity contribution < 1.29 is 14.7 Å². The topological polar surface area (TPSA) is 81.4 Å². The van der Waals surface area contributed by atoms with Crippen LogP contribution in [0.1, 0.15) is 16.7 Å². The van der Waals surface area contributed by atoms with E-state index in [0.29, 0.717) is 16.0 Å². The summed E-state index contributed by atoms with van der Waals surface area (Å²) in [7, 11) is 0. The molecule has 134 valence electrons. The Bertz CT molecular complexity index is 980. The Hall–Kier alpha value is -2.95. The number of thiocarbonyl (C=S) groups is 1. The van der Waals surface area contributed by atoms with Crippen LogP contribution in [0.3, 0.4) is 0 Å². The fourth-order valence-corrected chi connectivity index (χ4v) is 4.08. The van der Waals surface area contributed by atoms with Gasteiger partial charge in [-0.2, -0.15) is 5.26 Å². The second kappa shape index (κ2) is 8.16. The molecule has 0 saturated carbocycles. The second-order valence-corrected chi connectivity index (χ2v) is 7.51. The first-order chi connectivity index (χ1) is 13.0. The van der Waals surface area contributed by atoms with Crippen molar-refractivity contribution in [2.24, 2.45) is 0 Å². The van der Waals surface area contributed by atoms with Crippen molar-refractivity contribution in [3.05, 3.63) is 76.2 Å². The first kappa shape index (κ1) is 18.8. The predicted octanol–water partition coefficient (Wildman–Crippen LogP) is 3.46. The molecular weight excluding hydrogens is 380 g/mol. The number of benzene rings is 2. The lowest BCUT2D eigenvalue weighted by Crippen LogP contribution is -2.45. The third kappa shape index (κ3) is 4.25. The van der Waals surface area contributed by atoms with Gasteiger partial charge in [0, 0.05) is 6.42 Å². The number of thioether (sulfide) groups is 1. The zero-order valence-corrected chi connectivity index (χ0v) is 15.7. The largest absolute Gasteiger partial charge is 0.480 e. The third-order valence-electron chi connectivity index (χ3n) is 4.01. The van der Waals surface area contributed by atoms with Gasteiger partial charge < -0.3 is 5.11 Å². The molecule has 7 heteroatoms. The van der Waals surface area contributed by atoms with Gasteiger partial charge in [0.25, 0.3) is 5.91 Å². The normalized spacial score (nSPS) is 16.4. The first-order valence-corrected chi connectivity index (χ1v) is 9.26. The van der Waals surface area contributed by atoms with E-state index in [4.69, 9.17) is 17.5 Å². The molecule has 1 fully saturated rings. The maximum absolute atomic E-state index is 12.8. The highest BCUT2D eigenvalue weighted by molar-refractivity contribution is 8.26. The van der Waals surface area contributed by atoms with Crippen LogP contribution in [0.5, 0.6) is 0 Å². The van der Waals surface area contributed by atoms with E-state index in [1.807, 2.05) is 36.4 Å². The van der Waals surface area contributed by atoms with Crippen LogP contribution in [0.2, 0.25) is 0 Å². The Morgan fingerprint density at radius 3 is 2.67 bits per heavy atom. The number of nitrogens with zero attached hydrogens (tertiary/aromatic N) is 2. The molecule has 0 aliphatic carbocycles. The van der Waals surface area contributed by atoms with Crippen LogP contribution in [0.15, 0.2) is 59.5 Å². The number of amides is 1. The molecule has 2 aromatic carbocycles. The van der Waals surface area contributed by atoms with Gasteiger partial charge in [-0.15, -0.1) is 0 Å². The molecule has 1 N–H and O–H groups in total. The minimum atomic E-state index is -1.11. The van der Waals surface area contributed by atoms with E-state index in [9.17, 15) is 14.7 Å². The molecule has 27 heavy (non-hydrogen) atoms. The lowest BCUT2D eigenvalue weighted by atomic mass is 10.0. The summed E-state index contributed by atoms with van der Waals surface area (Å²) in [6, 6.07) is 16.9. The van der Waals surface area contributed by atoms with Crippen molar-refractivity contribution >= 4 is 46.3 Å². The number of nitriles is 1. The van der Waals surface area contributed by atoms with Gasteiger partial charge in [-0.1, -0.05) is 66.4 Å². The van der Waals surface area contributed by atoms with Crippen molar-refractivity contribution in [1.29, 1.82) is 5.26 Å². The number of carbonyl (C=O) groups is 2. The molecule has 0 bridgehead atoms. The molecular formula is C20H14N2O3S2. The van der Waals surface area contributed by atoms with E-state index in [1.165, 1.54) is 0 Å². The summed E-state index contributed by atoms with van der Waals surface area (Å²) in [5.41, 5.74) is 1.97. The Balaban J connectivity index is 1.88. The van der Waals surface area contributed by atoms with Crippen LogP contribution in [-0.2, 0) is 16.0 Å². The molecule has 1 aliphatic rings. The number of carboxylic acid groups (broad SMARTS) is 1. The summed E-state index contributed by atoms with van der Waals surface area (Å²) in [5, 5.41) is 18.7. The van der Waals surface area contributed by atoms with Gasteiger partial charge in [-0.3, -0.25) is 9.69 Å². The molecule has 2 aromatic rings. The molecule has 0 spiro atoms. The zero-order chi connectivity index (χ0) is 19.4. The molecule has 1 aliphatic heterocycles. The number of carboxylic acids is 1. The minimum absolute atomic E-state index is 0.166. The van der Waals surface area contributed by atoms with E-state index in [-0.39, 0.29) is 10.7 Å². The Morgan fingerprint density at radius 1 is 1.26 bits per heavy atom. The zero-order valence-electron chi connectivity index (χ0n) is 14.0. The number of hydrogen-bond acceptors (Lipinski definition) is 5. The van der Waals surface area contributed by atoms with Crippen LogP contribution in [-0.4, -0.2) is 32.2 Å². The third-order valence-corrected chi connectivity index (χ3v) is 5.34. The van der Waals surface area contributed by atoms with Gasteiger partial charge in [0.1, 0.15) is 10.4 Å². The van der Waals surface area contributed by atoms with Gasteiger partial charge in [0.15, 0.2) is 0 Å². The summed E-state index contributed by atoms with van der Waals surface area (Å²) in [6.07, 6.45) is 1.79. The van der Waals surface area contributed by atoms with Crippen molar-refractivity contribution in [2.45, 2.75) is 12.5 Å². The molecule has 0 radical (unpaired) electrons. The average molecular weight is 394 g/mol. The van der Waals surface area contributed by atoms with Gasteiger partial charge in [-0.25, -0.2) is 4.79 Å². The molecule has 1 saturated heterocycles. The van der Waals surface area contributed by atoms with Crippen LogP contribution < -0.4 is 0 Å². The van der Waals surface area contributed by atoms with Gasteiger partial charge >= 0.3 is 5.97 Å². The Kier molecular flexibility index (Phi) is 5.69. The van der Waals surface area contributed by atoms with Crippen LogP contribution >= 0.6 is 24.0 Å². The van der Waals surface area contributed by atoms with Gasteiger partial charge in [-0.05, 0) is 29.3 Å². The molecule has 1 atom stereocenters. The first-order valence-electron chi connectivity index (χ1n) is 8.03. The molecule has 1 unspecified atom stereocenters. The van der Waals surface area contributed by atoms with Gasteiger partial charge in [0.05, 0.1) is 16.5 Å². The highest BCUT2D eigenvalue weighted by Crippen LogP contribution is 2.34. The monoisotopic (exact) mass is 394 g/mol. The number of carbonyl (C=O) groups excluding carboxylic acids is 1. The van der Waals surface area contributed by atoms with Crippen LogP contribution in [0.4, 0.5) is 0 Å². The summed E-state index contributed by atoms with van der Waals surface area (Å²) >= 11 is 6.35. The smallest absolute Gasteiger partial charge is 0.327 e. The molecule has 1 heterocycles. The standard InChI is InChI=1S/C20H14N2O3S2/c21-12-15-8-4-7-14(9-15)11-17-18(23)22(20(26)27-17)16(19(24)25)10-13-5-2-1-3-6-13/h1-9,11,16H,10H2,(H,24,25)/b17-11-. The highest BCUT2D eigenvalue weighted by Gasteiger charge is 2.40. The molecule has 5 nitrogen and oxygen atoms in total. The van der Waals surface area contributed by atoms with Crippen molar-refractivity contribution in [3.8, 4) is 6.07 Å². The predicted molar refractivity (Wildman–Crippen MR) is 108 cm³/mol. The van der Waals surface area contributed by atoms with E-state index in [0.717, 1.165) is 22.2 Å². The van der Waals surface area contributed by atoms with E-state index in [1.54, 1.807) is 30.3 Å². The summed E-state index contributed by atoms with van der Waals surface area (Å²) in [5.74, 6) is -1.54. The van der Waals surface area contributed by atoms with Crippen molar-refractivity contribution in [2.75, 3.05) is 0 Å². The van der Waals surface area contributed by atoms with Crippen molar-refractivity contribution in [3.63, 3.8) is 0 Å². The van der Waals surface area contributed by atoms with E-state index < -0.39 is 17.9 Å². The summed E-state index contributed by atoms with van der Waals surface area (Å²) < 4.78 is 0.214. The lowest BCUT2D eigenvalue weighted by molar-refractivity contribution is -0.145. The van der Waals surface area contributed by atoms with Crippen LogP contribution in [0, 0.1) is 11.3 Å². The maximum atomic E-state index is 12.8. The van der Waals surface area contributed by atoms with Crippen molar-refractivity contribution in [1.82, 2.24) is 4.90 Å². The number of aliphatic carboxylic acids is 1. The number of rotatable bonds is 5. The maximum Gasteiger partial charge on any atom is 0.327 e.